The lowest BCUT2D eigenvalue weighted by atomic mass is 9.72. The highest BCUT2D eigenvalue weighted by molar-refractivity contribution is 7.11. The van der Waals surface area contributed by atoms with Crippen LogP contribution < -0.4 is 0 Å². The number of thiazole rings is 1. The van der Waals surface area contributed by atoms with Gasteiger partial charge in [0.2, 0.25) is 0 Å². The van der Waals surface area contributed by atoms with Crippen LogP contribution in [-0.2, 0) is 11.8 Å². The molecule has 110 valence electrons. The van der Waals surface area contributed by atoms with E-state index in [2.05, 4.69) is 4.98 Å². The zero-order valence-electron chi connectivity index (χ0n) is 10.9. The van der Waals surface area contributed by atoms with Crippen LogP contribution >= 0.6 is 11.3 Å². The Kier molecular flexibility index (Phi) is 2.60. The van der Waals surface area contributed by atoms with Crippen molar-refractivity contribution in [2.75, 3.05) is 0 Å². The minimum atomic E-state index is -4.41. The van der Waals surface area contributed by atoms with E-state index in [1.807, 2.05) is 0 Å². The Hall–Kier alpha value is -0.620. The summed E-state index contributed by atoms with van der Waals surface area (Å²) in [6, 6.07) is 0. The van der Waals surface area contributed by atoms with Gasteiger partial charge in [-0.05, 0) is 49.4 Å². The van der Waals surface area contributed by atoms with Crippen molar-refractivity contribution in [3.05, 3.63) is 16.1 Å². The number of fused-ring (bicyclic) bond motifs is 5. The van der Waals surface area contributed by atoms with E-state index in [1.54, 1.807) is 0 Å². The Balaban J connectivity index is 1.67. The average Bonchev–Trinajstić information content (AvgIpc) is 3.09. The molecule has 1 aromatic rings. The van der Waals surface area contributed by atoms with Crippen molar-refractivity contribution in [3.8, 4) is 0 Å². The molecule has 0 amide bonds. The van der Waals surface area contributed by atoms with E-state index in [0.29, 0.717) is 40.4 Å². The summed E-state index contributed by atoms with van der Waals surface area (Å²) in [6.07, 6.45) is 2.00. The molecule has 5 atom stereocenters. The predicted octanol–water partition coefficient (Wildman–Crippen LogP) is 3.81. The van der Waals surface area contributed by atoms with E-state index < -0.39 is 16.8 Å². The molecule has 3 aliphatic rings. The summed E-state index contributed by atoms with van der Waals surface area (Å²) in [5.41, 5.74) is -1.06. The van der Waals surface area contributed by atoms with Crippen LogP contribution in [0.2, 0.25) is 0 Å². The van der Waals surface area contributed by atoms with Crippen LogP contribution in [0.1, 0.15) is 42.0 Å². The number of aliphatic hydroxyl groups is 1. The summed E-state index contributed by atoms with van der Waals surface area (Å²) < 4.78 is 38.0. The smallest absolute Gasteiger partial charge is 0.384 e. The third kappa shape index (κ3) is 1.64. The van der Waals surface area contributed by atoms with Crippen molar-refractivity contribution in [2.24, 2.45) is 23.7 Å². The van der Waals surface area contributed by atoms with Gasteiger partial charge in [0.1, 0.15) is 5.60 Å². The quantitative estimate of drug-likeness (QED) is 0.856. The molecule has 0 saturated heterocycles. The van der Waals surface area contributed by atoms with Gasteiger partial charge < -0.3 is 5.11 Å². The minimum absolute atomic E-state index is 0.140. The van der Waals surface area contributed by atoms with Crippen molar-refractivity contribution >= 4 is 11.3 Å². The zero-order chi connectivity index (χ0) is 14.1. The second kappa shape index (κ2) is 3.97. The molecule has 1 aromatic heterocycles. The van der Waals surface area contributed by atoms with Crippen LogP contribution in [-0.4, -0.2) is 10.1 Å². The predicted molar refractivity (Wildman–Crippen MR) is 68.1 cm³/mol. The normalized spacial score (nSPS) is 43.2. The number of halogens is 3. The second-order valence-corrected chi connectivity index (χ2v) is 7.55. The lowest BCUT2D eigenvalue weighted by molar-refractivity contribution is -0.137. The molecule has 4 rings (SSSR count). The highest BCUT2D eigenvalue weighted by Gasteiger charge is 2.61. The molecule has 0 aromatic carbocycles. The second-order valence-electron chi connectivity index (χ2n) is 6.52. The van der Waals surface area contributed by atoms with Crippen molar-refractivity contribution < 1.29 is 18.3 Å². The first-order chi connectivity index (χ1) is 9.39. The Morgan fingerprint density at radius 1 is 1.30 bits per heavy atom. The SMILES string of the molecule is OC1(c2cnc(C(F)(F)F)s2)CC2CC1C1CCCC21. The van der Waals surface area contributed by atoms with Crippen LogP contribution in [0.4, 0.5) is 13.2 Å². The summed E-state index contributed by atoms with van der Waals surface area (Å²) in [5, 5.41) is 10.1. The first-order valence-corrected chi connectivity index (χ1v) is 7.97. The van der Waals surface area contributed by atoms with Crippen LogP contribution in [0.15, 0.2) is 6.20 Å². The maximum Gasteiger partial charge on any atom is 0.443 e. The summed E-state index contributed by atoms with van der Waals surface area (Å²) in [6.45, 7) is 0. The topological polar surface area (TPSA) is 33.1 Å². The number of nitrogens with zero attached hydrogens (tertiary/aromatic N) is 1. The summed E-state index contributed by atoms with van der Waals surface area (Å²) in [4.78, 5) is 3.90. The number of hydrogen-bond acceptors (Lipinski definition) is 3. The third-order valence-electron chi connectivity index (χ3n) is 5.67. The van der Waals surface area contributed by atoms with Gasteiger partial charge >= 0.3 is 6.18 Å². The first kappa shape index (κ1) is 13.1. The number of alkyl halides is 3. The molecule has 1 heterocycles. The Morgan fingerprint density at radius 2 is 2.05 bits per heavy atom. The molecule has 2 nitrogen and oxygen atoms in total. The van der Waals surface area contributed by atoms with Gasteiger partial charge in [-0.3, -0.25) is 0 Å². The summed E-state index contributed by atoms with van der Waals surface area (Å²) in [7, 11) is 0. The molecule has 5 unspecified atom stereocenters. The molecular formula is C14H16F3NOS. The lowest BCUT2D eigenvalue weighted by Gasteiger charge is -2.38. The van der Waals surface area contributed by atoms with Gasteiger partial charge in [0.05, 0.1) is 4.88 Å². The van der Waals surface area contributed by atoms with Gasteiger partial charge in [-0.15, -0.1) is 11.3 Å². The van der Waals surface area contributed by atoms with Gasteiger partial charge in [0, 0.05) is 6.20 Å². The molecule has 0 spiro atoms. The van der Waals surface area contributed by atoms with Crippen LogP contribution in [0, 0.1) is 23.7 Å². The molecule has 0 aliphatic heterocycles. The number of rotatable bonds is 1. The average molecular weight is 303 g/mol. The maximum atomic E-state index is 12.7. The van der Waals surface area contributed by atoms with E-state index in [9.17, 15) is 18.3 Å². The minimum Gasteiger partial charge on any atom is -0.384 e. The van der Waals surface area contributed by atoms with E-state index >= 15 is 0 Å². The lowest BCUT2D eigenvalue weighted by Crippen LogP contribution is -2.38. The molecule has 1 N–H and O–H groups in total. The Labute approximate surface area is 119 Å². The molecule has 3 fully saturated rings. The zero-order valence-corrected chi connectivity index (χ0v) is 11.7. The van der Waals surface area contributed by atoms with Gasteiger partial charge in [0.25, 0.3) is 0 Å². The first-order valence-electron chi connectivity index (χ1n) is 7.15. The largest absolute Gasteiger partial charge is 0.443 e. The maximum absolute atomic E-state index is 12.7. The van der Waals surface area contributed by atoms with Crippen molar-refractivity contribution in [1.82, 2.24) is 4.98 Å². The molecule has 6 heteroatoms. The fourth-order valence-electron chi connectivity index (χ4n) is 5.00. The summed E-state index contributed by atoms with van der Waals surface area (Å²) >= 11 is 0.624. The van der Waals surface area contributed by atoms with E-state index in [0.717, 1.165) is 12.8 Å². The van der Waals surface area contributed by atoms with E-state index in [1.165, 1.54) is 19.0 Å². The van der Waals surface area contributed by atoms with Gasteiger partial charge in [-0.25, -0.2) is 4.98 Å². The number of hydrogen-bond donors (Lipinski definition) is 1. The molecule has 20 heavy (non-hydrogen) atoms. The van der Waals surface area contributed by atoms with E-state index in [-0.39, 0.29) is 5.92 Å². The van der Waals surface area contributed by atoms with Gasteiger partial charge in [-0.1, -0.05) is 6.42 Å². The van der Waals surface area contributed by atoms with E-state index in [4.69, 9.17) is 0 Å². The van der Waals surface area contributed by atoms with Crippen LogP contribution in [0.3, 0.4) is 0 Å². The highest BCUT2D eigenvalue weighted by Crippen LogP contribution is 2.65. The molecule has 0 radical (unpaired) electrons. The molecule has 3 saturated carbocycles. The third-order valence-corrected chi connectivity index (χ3v) is 6.87. The van der Waals surface area contributed by atoms with Crippen molar-refractivity contribution in [1.29, 1.82) is 0 Å². The Morgan fingerprint density at radius 3 is 2.75 bits per heavy atom. The number of aromatic nitrogens is 1. The van der Waals surface area contributed by atoms with Crippen molar-refractivity contribution in [3.63, 3.8) is 0 Å². The standard InChI is InChI=1S/C14H16F3NOS/c15-14(16,17)12-18-6-11(20-12)13(19)5-7-4-10(13)9-3-1-2-8(7)9/h6-10,19H,1-5H2. The van der Waals surface area contributed by atoms with Crippen LogP contribution in [0.25, 0.3) is 0 Å². The van der Waals surface area contributed by atoms with Gasteiger partial charge in [-0.2, -0.15) is 13.2 Å². The van der Waals surface area contributed by atoms with Gasteiger partial charge in [0.15, 0.2) is 5.01 Å². The molecule has 2 bridgehead atoms. The monoisotopic (exact) mass is 303 g/mol. The highest BCUT2D eigenvalue weighted by atomic mass is 32.1. The fourth-order valence-corrected chi connectivity index (χ4v) is 5.95. The molecule has 3 aliphatic carbocycles. The van der Waals surface area contributed by atoms with Crippen LogP contribution in [0.5, 0.6) is 0 Å². The Bertz CT molecular complexity index is 543. The molecular weight excluding hydrogens is 287 g/mol. The van der Waals surface area contributed by atoms with Crippen molar-refractivity contribution in [2.45, 2.75) is 43.9 Å². The fraction of sp³-hybridized carbons (Fsp3) is 0.786. The summed E-state index contributed by atoms with van der Waals surface area (Å²) in [5.74, 6) is 1.85.